The fraction of sp³-hybridized carbons (Fsp3) is 0.286. The Labute approximate surface area is 90.7 Å². The molecule has 1 aromatic carbocycles. The van der Waals surface area contributed by atoms with Crippen molar-refractivity contribution in [3.63, 3.8) is 0 Å². The summed E-state index contributed by atoms with van der Waals surface area (Å²) in [4.78, 5) is 2.40. The van der Waals surface area contributed by atoms with Crippen LogP contribution in [0.5, 0.6) is 0 Å². The normalized spacial score (nSPS) is 27.3. The highest BCUT2D eigenvalue weighted by atomic mass is 15.2. The summed E-state index contributed by atoms with van der Waals surface area (Å²) in [5.41, 5.74) is 4.38. The zero-order valence-corrected chi connectivity index (χ0v) is 9.20. The molecule has 1 aliphatic heterocycles. The number of fused-ring (bicyclic) bond motifs is 3. The number of rotatable bonds is 0. The highest BCUT2D eigenvalue weighted by Crippen LogP contribution is 2.48. The van der Waals surface area contributed by atoms with E-state index >= 15 is 0 Å². The maximum absolute atomic E-state index is 2.40. The van der Waals surface area contributed by atoms with Crippen molar-refractivity contribution in [3.8, 4) is 0 Å². The second kappa shape index (κ2) is 2.75. The molecule has 0 aromatic heterocycles. The van der Waals surface area contributed by atoms with E-state index in [0.717, 1.165) is 6.42 Å². The van der Waals surface area contributed by atoms with Crippen LogP contribution in [0.15, 0.2) is 42.5 Å². The van der Waals surface area contributed by atoms with E-state index < -0.39 is 0 Å². The smallest absolute Gasteiger partial charge is 0.0663 e. The molecule has 0 bridgehead atoms. The van der Waals surface area contributed by atoms with Crippen molar-refractivity contribution in [3.05, 3.63) is 48.1 Å². The first kappa shape index (κ1) is 8.78. The van der Waals surface area contributed by atoms with Crippen molar-refractivity contribution in [1.82, 2.24) is 0 Å². The predicted molar refractivity (Wildman–Crippen MR) is 65.0 cm³/mol. The lowest BCUT2D eigenvalue weighted by Crippen LogP contribution is -2.40. The van der Waals surface area contributed by atoms with E-state index in [-0.39, 0.29) is 5.54 Å². The Balaban J connectivity index is 2.27. The molecule has 3 rings (SSSR count). The van der Waals surface area contributed by atoms with Crippen LogP contribution in [-0.2, 0) is 0 Å². The van der Waals surface area contributed by atoms with Gasteiger partial charge >= 0.3 is 0 Å². The molecular formula is C14H15N. The molecule has 0 fully saturated rings. The van der Waals surface area contributed by atoms with Gasteiger partial charge in [-0.25, -0.2) is 0 Å². The molecule has 0 radical (unpaired) electrons. The summed E-state index contributed by atoms with van der Waals surface area (Å²) in [6, 6.07) is 8.67. The van der Waals surface area contributed by atoms with Crippen LogP contribution in [0, 0.1) is 0 Å². The molecule has 1 heterocycles. The molecule has 1 aromatic rings. The van der Waals surface area contributed by atoms with Crippen molar-refractivity contribution in [2.24, 2.45) is 0 Å². The van der Waals surface area contributed by atoms with Gasteiger partial charge in [0.2, 0.25) is 0 Å². The van der Waals surface area contributed by atoms with Crippen LogP contribution < -0.4 is 4.90 Å². The van der Waals surface area contributed by atoms with E-state index in [1.54, 1.807) is 0 Å². The fourth-order valence-electron chi connectivity index (χ4n) is 2.71. The van der Waals surface area contributed by atoms with Crippen LogP contribution >= 0.6 is 0 Å². The Bertz CT molecular complexity index is 470. The second-order valence-corrected chi connectivity index (χ2v) is 4.56. The molecule has 1 unspecified atom stereocenters. The fourth-order valence-corrected chi connectivity index (χ4v) is 2.71. The first-order valence-electron chi connectivity index (χ1n) is 5.44. The monoisotopic (exact) mass is 197 g/mol. The summed E-state index contributed by atoms with van der Waals surface area (Å²) < 4.78 is 0. The third kappa shape index (κ3) is 0.980. The Morgan fingerprint density at radius 1 is 1.27 bits per heavy atom. The maximum atomic E-state index is 2.40. The molecule has 76 valence electrons. The van der Waals surface area contributed by atoms with Crippen LogP contribution in [0.2, 0.25) is 0 Å². The Kier molecular flexibility index (Phi) is 1.61. The van der Waals surface area contributed by atoms with Crippen molar-refractivity contribution >= 4 is 11.3 Å². The topological polar surface area (TPSA) is 3.24 Å². The average Bonchev–Trinajstić information content (AvgIpc) is 2.50. The van der Waals surface area contributed by atoms with Crippen molar-refractivity contribution < 1.29 is 0 Å². The Morgan fingerprint density at radius 2 is 2.07 bits per heavy atom. The van der Waals surface area contributed by atoms with Crippen LogP contribution in [0.4, 0.5) is 5.69 Å². The zero-order valence-electron chi connectivity index (χ0n) is 9.20. The second-order valence-electron chi connectivity index (χ2n) is 4.56. The SMILES string of the molecule is CN1c2ccccc2C2=CC=CCC21C. The first-order valence-corrected chi connectivity index (χ1v) is 5.44. The van der Waals surface area contributed by atoms with Gasteiger partial charge in [0.15, 0.2) is 0 Å². The zero-order chi connectivity index (χ0) is 10.5. The first-order chi connectivity index (χ1) is 7.23. The Morgan fingerprint density at radius 3 is 2.93 bits per heavy atom. The highest BCUT2D eigenvalue weighted by molar-refractivity contribution is 5.91. The van der Waals surface area contributed by atoms with Crippen molar-refractivity contribution in [2.45, 2.75) is 18.9 Å². The van der Waals surface area contributed by atoms with Crippen molar-refractivity contribution in [2.75, 3.05) is 11.9 Å². The van der Waals surface area contributed by atoms with Gasteiger partial charge in [-0.05, 0) is 25.0 Å². The number of nitrogens with zero attached hydrogens (tertiary/aromatic N) is 1. The third-order valence-corrected chi connectivity index (χ3v) is 3.79. The number of para-hydroxylation sites is 1. The van der Waals surface area contributed by atoms with E-state index in [1.807, 2.05) is 0 Å². The molecule has 1 nitrogen and oxygen atoms in total. The van der Waals surface area contributed by atoms with Gasteiger partial charge in [0, 0.05) is 18.3 Å². The average molecular weight is 197 g/mol. The molecule has 0 spiro atoms. The highest BCUT2D eigenvalue weighted by Gasteiger charge is 2.41. The van der Waals surface area contributed by atoms with Crippen LogP contribution in [0.1, 0.15) is 18.9 Å². The predicted octanol–water partition coefficient (Wildman–Crippen LogP) is 3.24. The van der Waals surface area contributed by atoms with Gasteiger partial charge in [-0.2, -0.15) is 0 Å². The molecule has 2 aliphatic rings. The molecule has 0 saturated heterocycles. The van der Waals surface area contributed by atoms with Gasteiger partial charge < -0.3 is 4.90 Å². The molecule has 1 aliphatic carbocycles. The van der Waals surface area contributed by atoms with Gasteiger partial charge in [-0.3, -0.25) is 0 Å². The van der Waals surface area contributed by atoms with E-state index in [1.165, 1.54) is 16.8 Å². The van der Waals surface area contributed by atoms with Crippen molar-refractivity contribution in [1.29, 1.82) is 0 Å². The number of likely N-dealkylation sites (N-methyl/N-ethyl adjacent to an activating group) is 1. The maximum Gasteiger partial charge on any atom is 0.0663 e. The standard InChI is InChI=1S/C14H15N/c1-14-10-6-5-8-12(14)11-7-3-4-9-13(11)15(14)2/h3-9H,10H2,1-2H3. The summed E-state index contributed by atoms with van der Waals surface area (Å²) >= 11 is 0. The lowest BCUT2D eigenvalue weighted by molar-refractivity contribution is 0.585. The largest absolute Gasteiger partial charge is 0.364 e. The Hall–Kier alpha value is -1.50. The lowest BCUT2D eigenvalue weighted by atomic mass is 9.84. The lowest BCUT2D eigenvalue weighted by Gasteiger charge is -2.36. The number of benzene rings is 1. The summed E-state index contributed by atoms with van der Waals surface area (Å²) in [6.45, 7) is 2.32. The number of anilines is 1. The summed E-state index contributed by atoms with van der Waals surface area (Å²) in [5.74, 6) is 0. The van der Waals surface area contributed by atoms with Crippen LogP contribution in [0.3, 0.4) is 0 Å². The molecule has 15 heavy (non-hydrogen) atoms. The molecule has 0 saturated carbocycles. The van der Waals surface area contributed by atoms with Crippen LogP contribution in [0.25, 0.3) is 5.57 Å². The molecular weight excluding hydrogens is 182 g/mol. The van der Waals surface area contributed by atoms with Gasteiger partial charge in [0.25, 0.3) is 0 Å². The van der Waals surface area contributed by atoms with Crippen LogP contribution in [-0.4, -0.2) is 12.6 Å². The number of hydrogen-bond donors (Lipinski definition) is 0. The minimum Gasteiger partial charge on any atom is -0.364 e. The molecule has 1 atom stereocenters. The minimum absolute atomic E-state index is 0.165. The van der Waals surface area contributed by atoms with E-state index in [2.05, 4.69) is 61.4 Å². The van der Waals surface area contributed by atoms with E-state index in [9.17, 15) is 0 Å². The summed E-state index contributed by atoms with van der Waals surface area (Å²) in [7, 11) is 2.19. The number of allylic oxidation sites excluding steroid dienone is 2. The van der Waals surface area contributed by atoms with Gasteiger partial charge in [-0.1, -0.05) is 36.4 Å². The molecule has 0 amide bonds. The van der Waals surface area contributed by atoms with E-state index in [4.69, 9.17) is 0 Å². The number of hydrogen-bond acceptors (Lipinski definition) is 1. The van der Waals surface area contributed by atoms with Gasteiger partial charge in [0.1, 0.15) is 0 Å². The minimum atomic E-state index is 0.165. The van der Waals surface area contributed by atoms with Gasteiger partial charge in [0.05, 0.1) is 5.54 Å². The summed E-state index contributed by atoms with van der Waals surface area (Å²) in [5, 5.41) is 0. The molecule has 0 N–H and O–H groups in total. The molecule has 1 heteroatoms. The van der Waals surface area contributed by atoms with E-state index in [0.29, 0.717) is 0 Å². The van der Waals surface area contributed by atoms with Gasteiger partial charge in [-0.15, -0.1) is 0 Å². The third-order valence-electron chi connectivity index (χ3n) is 3.79. The quantitative estimate of drug-likeness (QED) is 0.617. The summed E-state index contributed by atoms with van der Waals surface area (Å²) in [6.07, 6.45) is 7.79.